The van der Waals surface area contributed by atoms with Crippen LogP contribution in [-0.4, -0.2) is 38.1 Å². The van der Waals surface area contributed by atoms with Crippen molar-refractivity contribution in [3.05, 3.63) is 48.0 Å². The molecule has 0 saturated heterocycles. The predicted octanol–water partition coefficient (Wildman–Crippen LogP) is 3.18. The zero-order chi connectivity index (χ0) is 20.8. The minimum absolute atomic E-state index is 0.00151. The van der Waals surface area contributed by atoms with Crippen LogP contribution in [0.1, 0.15) is 5.56 Å². The van der Waals surface area contributed by atoms with Crippen molar-refractivity contribution >= 4 is 12.1 Å². The number of carbonyl (C=O) groups excluding carboxylic acids is 1. The minimum atomic E-state index is -3.20. The van der Waals surface area contributed by atoms with Crippen molar-refractivity contribution in [2.24, 2.45) is 5.10 Å². The first kappa shape index (κ1) is 20.2. The van der Waals surface area contributed by atoms with Crippen LogP contribution in [0.4, 0.5) is 17.6 Å². The molecule has 1 aliphatic rings. The van der Waals surface area contributed by atoms with Gasteiger partial charge in [0.05, 0.1) is 6.21 Å². The highest BCUT2D eigenvalue weighted by molar-refractivity contribution is 5.87. The summed E-state index contributed by atoms with van der Waals surface area (Å²) in [6.45, 7) is -6.37. The van der Waals surface area contributed by atoms with Crippen LogP contribution in [0.5, 0.6) is 23.0 Å². The summed E-state index contributed by atoms with van der Waals surface area (Å²) in [6, 6.07) is 9.93. The number of carbonyl (C=O) groups is 1. The van der Waals surface area contributed by atoms with Gasteiger partial charge in [0.1, 0.15) is 18.1 Å². The van der Waals surface area contributed by atoms with Crippen LogP contribution in [0.15, 0.2) is 47.6 Å². The molecule has 1 amide bonds. The quantitative estimate of drug-likeness (QED) is 0.428. The van der Waals surface area contributed by atoms with Crippen LogP contribution in [0.3, 0.4) is 0 Å². The molecule has 11 heteroatoms. The van der Waals surface area contributed by atoms with Crippen molar-refractivity contribution in [3.8, 4) is 23.0 Å². The first-order valence-electron chi connectivity index (χ1n) is 8.17. The molecule has 0 saturated carbocycles. The Labute approximate surface area is 161 Å². The molecule has 1 heterocycles. The Bertz CT molecular complexity index is 894. The van der Waals surface area contributed by atoms with E-state index in [0.717, 1.165) is 18.3 Å². The van der Waals surface area contributed by atoms with Crippen molar-refractivity contribution in [3.63, 3.8) is 0 Å². The predicted molar refractivity (Wildman–Crippen MR) is 91.8 cm³/mol. The Morgan fingerprint density at radius 1 is 1.10 bits per heavy atom. The number of para-hydroxylation sites is 2. The van der Waals surface area contributed by atoms with Gasteiger partial charge in [-0.25, -0.2) is 5.43 Å². The van der Waals surface area contributed by atoms with Gasteiger partial charge in [-0.05, 0) is 24.3 Å². The molecule has 1 atom stereocenters. The van der Waals surface area contributed by atoms with Crippen molar-refractivity contribution in [2.45, 2.75) is 19.3 Å². The summed E-state index contributed by atoms with van der Waals surface area (Å²) in [5.74, 6) is -0.569. The van der Waals surface area contributed by atoms with Gasteiger partial charge in [0, 0.05) is 11.6 Å². The molecule has 7 nitrogen and oxygen atoms in total. The molecular formula is C18H14F4N2O5. The number of hydrogen-bond acceptors (Lipinski definition) is 6. The van der Waals surface area contributed by atoms with Crippen LogP contribution in [-0.2, 0) is 4.79 Å². The average Bonchev–Trinajstić information content (AvgIpc) is 2.68. The third kappa shape index (κ3) is 5.50. The number of fused-ring (bicyclic) bond motifs is 1. The van der Waals surface area contributed by atoms with Crippen molar-refractivity contribution in [1.29, 1.82) is 0 Å². The number of halogens is 4. The average molecular weight is 414 g/mol. The largest absolute Gasteiger partial charge is 0.485 e. The van der Waals surface area contributed by atoms with Crippen molar-refractivity contribution < 1.29 is 41.3 Å². The lowest BCUT2D eigenvalue weighted by atomic mass is 10.2. The van der Waals surface area contributed by atoms with E-state index in [-0.39, 0.29) is 17.9 Å². The Morgan fingerprint density at radius 2 is 1.83 bits per heavy atom. The summed E-state index contributed by atoms with van der Waals surface area (Å²) < 4.78 is 69.0. The second-order valence-corrected chi connectivity index (χ2v) is 5.56. The van der Waals surface area contributed by atoms with Gasteiger partial charge in [-0.1, -0.05) is 12.1 Å². The third-order valence-corrected chi connectivity index (χ3v) is 3.61. The van der Waals surface area contributed by atoms with E-state index in [1.54, 1.807) is 24.3 Å². The fourth-order valence-electron chi connectivity index (χ4n) is 2.38. The van der Waals surface area contributed by atoms with Gasteiger partial charge in [-0.2, -0.15) is 22.7 Å². The number of ether oxygens (including phenoxy) is 4. The van der Waals surface area contributed by atoms with E-state index in [0.29, 0.717) is 11.5 Å². The van der Waals surface area contributed by atoms with Crippen LogP contribution in [0.25, 0.3) is 0 Å². The van der Waals surface area contributed by atoms with Gasteiger partial charge < -0.3 is 18.9 Å². The third-order valence-electron chi connectivity index (χ3n) is 3.61. The molecule has 0 spiro atoms. The van der Waals surface area contributed by atoms with Crippen LogP contribution < -0.4 is 24.4 Å². The fourth-order valence-corrected chi connectivity index (χ4v) is 2.38. The second-order valence-electron chi connectivity index (χ2n) is 5.56. The van der Waals surface area contributed by atoms with E-state index in [1.807, 2.05) is 0 Å². The van der Waals surface area contributed by atoms with E-state index in [2.05, 4.69) is 20.0 Å². The molecule has 29 heavy (non-hydrogen) atoms. The van der Waals surface area contributed by atoms with E-state index in [4.69, 9.17) is 9.47 Å². The van der Waals surface area contributed by atoms with E-state index < -0.39 is 31.0 Å². The molecule has 1 N–H and O–H groups in total. The number of hydrogen-bond donors (Lipinski definition) is 1. The van der Waals surface area contributed by atoms with Crippen molar-refractivity contribution in [2.75, 3.05) is 6.61 Å². The van der Waals surface area contributed by atoms with Crippen LogP contribution >= 0.6 is 0 Å². The Hall–Kier alpha value is -3.50. The second kappa shape index (κ2) is 9.13. The van der Waals surface area contributed by atoms with E-state index in [9.17, 15) is 22.4 Å². The summed E-state index contributed by atoms with van der Waals surface area (Å²) >= 11 is 0. The maximum atomic E-state index is 12.6. The van der Waals surface area contributed by atoms with Gasteiger partial charge in [0.2, 0.25) is 6.10 Å². The standard InChI is InChI=1S/C18H14F4N2O5/c19-17(20)27-11-6-5-10(14(7-11)29-18(21)22)8-23-24-16(25)15-9-26-12-3-1-2-4-13(12)28-15/h1-8,15,17-18H,9H2,(H,24,25)/b23-8-/t15-/m1/s1. The molecule has 0 radical (unpaired) electrons. The monoisotopic (exact) mass is 414 g/mol. The van der Waals surface area contributed by atoms with Gasteiger partial charge in [0.15, 0.2) is 11.5 Å². The molecule has 154 valence electrons. The van der Waals surface area contributed by atoms with E-state index >= 15 is 0 Å². The number of hydrazone groups is 1. The lowest BCUT2D eigenvalue weighted by Crippen LogP contribution is -2.42. The Morgan fingerprint density at radius 3 is 2.55 bits per heavy atom. The summed E-state index contributed by atoms with van der Waals surface area (Å²) in [6.07, 6.45) is 0.0417. The smallest absolute Gasteiger partial charge is 0.387 e. The summed E-state index contributed by atoms with van der Waals surface area (Å²) in [7, 11) is 0. The molecule has 0 aliphatic carbocycles. The minimum Gasteiger partial charge on any atom is -0.485 e. The van der Waals surface area contributed by atoms with Gasteiger partial charge >= 0.3 is 13.2 Å². The maximum absolute atomic E-state index is 12.6. The lowest BCUT2D eigenvalue weighted by molar-refractivity contribution is -0.130. The highest BCUT2D eigenvalue weighted by Gasteiger charge is 2.27. The Balaban J connectivity index is 1.65. The van der Waals surface area contributed by atoms with E-state index in [1.165, 1.54) is 6.07 Å². The van der Waals surface area contributed by atoms with Crippen LogP contribution in [0.2, 0.25) is 0 Å². The number of nitrogens with one attached hydrogen (secondary N) is 1. The number of alkyl halides is 4. The fraction of sp³-hybridized carbons (Fsp3) is 0.222. The summed E-state index contributed by atoms with van der Waals surface area (Å²) in [5, 5.41) is 3.66. The van der Waals surface area contributed by atoms with Crippen molar-refractivity contribution in [1.82, 2.24) is 5.43 Å². The zero-order valence-corrected chi connectivity index (χ0v) is 14.6. The maximum Gasteiger partial charge on any atom is 0.387 e. The molecule has 0 fully saturated rings. The topological polar surface area (TPSA) is 78.4 Å². The van der Waals surface area contributed by atoms with Gasteiger partial charge in [-0.3, -0.25) is 4.79 Å². The number of nitrogens with zero attached hydrogens (tertiary/aromatic N) is 1. The summed E-state index contributed by atoms with van der Waals surface area (Å²) in [5.41, 5.74) is 2.19. The molecule has 0 aromatic heterocycles. The number of rotatable bonds is 7. The molecule has 2 aromatic rings. The van der Waals surface area contributed by atoms with Gasteiger partial charge in [-0.15, -0.1) is 0 Å². The summed E-state index contributed by atoms with van der Waals surface area (Å²) in [4.78, 5) is 12.2. The molecule has 0 bridgehead atoms. The highest BCUT2D eigenvalue weighted by atomic mass is 19.3. The first-order valence-corrected chi connectivity index (χ1v) is 8.17. The Kier molecular flexibility index (Phi) is 6.37. The number of amides is 1. The molecule has 1 aliphatic heterocycles. The molecule has 0 unspecified atom stereocenters. The van der Waals surface area contributed by atoms with Gasteiger partial charge in [0.25, 0.3) is 5.91 Å². The van der Waals surface area contributed by atoms with Crippen LogP contribution in [0, 0.1) is 0 Å². The molecular weight excluding hydrogens is 400 g/mol. The highest BCUT2D eigenvalue weighted by Crippen LogP contribution is 2.31. The molecule has 2 aromatic carbocycles. The molecule has 3 rings (SSSR count). The number of benzene rings is 2. The SMILES string of the molecule is O=C(N/N=C\c1ccc(OC(F)F)cc1OC(F)F)[C@H]1COc2ccccc2O1. The zero-order valence-electron chi connectivity index (χ0n) is 14.6. The normalized spacial score (nSPS) is 15.6. The first-order chi connectivity index (χ1) is 13.9. The lowest BCUT2D eigenvalue weighted by Gasteiger charge is -2.24.